The maximum absolute atomic E-state index is 3.23. The molecular formula is C16H33NS. The summed E-state index contributed by atoms with van der Waals surface area (Å²) < 4.78 is 0. The van der Waals surface area contributed by atoms with E-state index in [0.717, 1.165) is 35.0 Å². The molecule has 2 saturated heterocycles. The Morgan fingerprint density at radius 1 is 0.889 bits per heavy atom. The second-order valence-corrected chi connectivity index (χ2v) is 8.23. The van der Waals surface area contributed by atoms with Crippen molar-refractivity contribution in [3.8, 4) is 0 Å². The van der Waals surface area contributed by atoms with Crippen molar-refractivity contribution in [1.29, 1.82) is 0 Å². The van der Waals surface area contributed by atoms with Crippen LogP contribution in [-0.2, 0) is 0 Å². The van der Waals surface area contributed by atoms with E-state index in [4.69, 9.17) is 0 Å². The topological polar surface area (TPSA) is 21.9 Å². The van der Waals surface area contributed by atoms with Crippen molar-refractivity contribution in [1.82, 2.24) is 5.32 Å². The number of thioether (sulfide) groups is 1. The van der Waals surface area contributed by atoms with Crippen molar-refractivity contribution in [2.24, 2.45) is 23.7 Å². The Morgan fingerprint density at radius 2 is 1.39 bits per heavy atom. The summed E-state index contributed by atoms with van der Waals surface area (Å²) in [6.07, 6.45) is 3.00. The van der Waals surface area contributed by atoms with Crippen LogP contribution in [0.2, 0.25) is 0 Å². The quantitative estimate of drug-likeness (QED) is 0.767. The minimum Gasteiger partial charge on any atom is -0.311 e. The number of hydrogen-bond acceptors (Lipinski definition) is 2. The molecule has 0 bridgehead atoms. The first kappa shape index (κ1) is 16.4. The standard InChI is InChI=1S/C6H12.C5H11N.C5H10S/c1-5(2)6-3-4-6;2*1-4(2)5-3-6-5/h5-6H,3-4H2,1-2H3;4-6H,3H2,1-2H3;4-5H,3H2,1-2H3. The summed E-state index contributed by atoms with van der Waals surface area (Å²) >= 11 is 2.08. The monoisotopic (exact) mass is 271 g/mol. The molecule has 1 aliphatic carbocycles. The Hall–Kier alpha value is 0.310. The predicted molar refractivity (Wildman–Crippen MR) is 85.3 cm³/mol. The summed E-state index contributed by atoms with van der Waals surface area (Å²) in [7, 11) is 0. The Bertz CT molecular complexity index is 175. The summed E-state index contributed by atoms with van der Waals surface area (Å²) in [6, 6.07) is 0.852. The van der Waals surface area contributed by atoms with Crippen molar-refractivity contribution < 1.29 is 0 Å². The van der Waals surface area contributed by atoms with Gasteiger partial charge in [0, 0.05) is 23.6 Å². The van der Waals surface area contributed by atoms with Crippen LogP contribution in [0.3, 0.4) is 0 Å². The molecule has 1 N–H and O–H groups in total. The van der Waals surface area contributed by atoms with Gasteiger partial charge in [-0.3, -0.25) is 0 Å². The number of hydrogen-bond donors (Lipinski definition) is 1. The maximum Gasteiger partial charge on any atom is 0.0216 e. The van der Waals surface area contributed by atoms with Crippen LogP contribution in [0.25, 0.3) is 0 Å². The van der Waals surface area contributed by atoms with E-state index in [9.17, 15) is 0 Å². The molecule has 3 rings (SSSR count). The van der Waals surface area contributed by atoms with Gasteiger partial charge < -0.3 is 5.32 Å². The Balaban J connectivity index is 0.000000135. The summed E-state index contributed by atoms with van der Waals surface area (Å²) in [6.45, 7) is 14.9. The molecule has 0 aromatic carbocycles. The molecule has 0 radical (unpaired) electrons. The van der Waals surface area contributed by atoms with E-state index in [1.165, 1.54) is 25.1 Å². The van der Waals surface area contributed by atoms with Crippen LogP contribution in [0, 0.1) is 23.7 Å². The highest BCUT2D eigenvalue weighted by Crippen LogP contribution is 2.36. The second-order valence-electron chi connectivity index (χ2n) is 6.96. The minimum absolute atomic E-state index is 0.852. The van der Waals surface area contributed by atoms with Gasteiger partial charge in [-0.25, -0.2) is 0 Å². The number of rotatable bonds is 3. The average molecular weight is 272 g/mol. The molecular weight excluding hydrogens is 238 g/mol. The summed E-state index contributed by atoms with van der Waals surface area (Å²) in [4.78, 5) is 0. The molecule has 2 atom stereocenters. The molecule has 18 heavy (non-hydrogen) atoms. The Morgan fingerprint density at radius 3 is 1.39 bits per heavy atom. The molecule has 0 amide bonds. The molecule has 0 aromatic heterocycles. The third-order valence-electron chi connectivity index (χ3n) is 3.91. The molecule has 1 saturated carbocycles. The maximum atomic E-state index is 3.23. The zero-order chi connectivity index (χ0) is 13.7. The van der Waals surface area contributed by atoms with Gasteiger partial charge in [-0.15, -0.1) is 0 Å². The van der Waals surface area contributed by atoms with Crippen molar-refractivity contribution in [3.63, 3.8) is 0 Å². The molecule has 2 heteroatoms. The summed E-state index contributed by atoms with van der Waals surface area (Å²) in [5.74, 6) is 5.26. The first-order valence-corrected chi connectivity index (χ1v) is 8.81. The highest BCUT2D eigenvalue weighted by Gasteiger charge is 2.25. The van der Waals surface area contributed by atoms with Crippen LogP contribution in [0.15, 0.2) is 0 Å². The first-order chi connectivity index (χ1) is 8.41. The lowest BCUT2D eigenvalue weighted by Gasteiger charge is -1.94. The molecule has 2 heterocycles. The van der Waals surface area contributed by atoms with Crippen LogP contribution < -0.4 is 5.32 Å². The van der Waals surface area contributed by atoms with Crippen LogP contribution in [0.5, 0.6) is 0 Å². The third-order valence-corrected chi connectivity index (χ3v) is 5.17. The van der Waals surface area contributed by atoms with E-state index in [1.807, 2.05) is 0 Å². The van der Waals surface area contributed by atoms with Gasteiger partial charge in [0.15, 0.2) is 0 Å². The van der Waals surface area contributed by atoms with E-state index < -0.39 is 0 Å². The van der Waals surface area contributed by atoms with E-state index >= 15 is 0 Å². The smallest absolute Gasteiger partial charge is 0.0216 e. The largest absolute Gasteiger partial charge is 0.311 e. The fourth-order valence-corrected chi connectivity index (χ4v) is 2.62. The van der Waals surface area contributed by atoms with E-state index in [1.54, 1.807) is 0 Å². The van der Waals surface area contributed by atoms with E-state index in [0.29, 0.717) is 0 Å². The minimum atomic E-state index is 0.852. The molecule has 3 aliphatic rings. The lowest BCUT2D eigenvalue weighted by molar-refractivity contribution is 0.563. The van der Waals surface area contributed by atoms with Gasteiger partial charge in [-0.05, 0) is 36.5 Å². The van der Waals surface area contributed by atoms with Gasteiger partial charge in [0.2, 0.25) is 0 Å². The second kappa shape index (κ2) is 7.79. The Labute approximate surface area is 119 Å². The lowest BCUT2D eigenvalue weighted by atomic mass is 10.1. The zero-order valence-electron chi connectivity index (χ0n) is 13.2. The van der Waals surface area contributed by atoms with Crippen molar-refractivity contribution in [2.75, 3.05) is 12.3 Å². The van der Waals surface area contributed by atoms with Crippen molar-refractivity contribution in [3.05, 3.63) is 0 Å². The Kier molecular flexibility index (Phi) is 7.08. The van der Waals surface area contributed by atoms with Crippen LogP contribution >= 0.6 is 11.8 Å². The predicted octanol–water partition coefficient (Wildman–Crippen LogP) is 4.42. The molecule has 2 unspecified atom stereocenters. The van der Waals surface area contributed by atoms with Crippen LogP contribution in [0.4, 0.5) is 0 Å². The normalized spacial score (nSPS) is 28.5. The van der Waals surface area contributed by atoms with E-state index in [-0.39, 0.29) is 0 Å². The van der Waals surface area contributed by atoms with Gasteiger partial charge >= 0.3 is 0 Å². The summed E-state index contributed by atoms with van der Waals surface area (Å²) in [5.41, 5.74) is 0. The SMILES string of the molecule is CC(C)C1CC1.CC(C)C1CN1.CC(C)C1CS1. The van der Waals surface area contributed by atoms with Gasteiger partial charge in [0.05, 0.1) is 0 Å². The van der Waals surface area contributed by atoms with Crippen molar-refractivity contribution in [2.45, 2.75) is 65.7 Å². The highest BCUT2D eigenvalue weighted by atomic mass is 32.2. The highest BCUT2D eigenvalue weighted by molar-refractivity contribution is 8.06. The molecule has 0 aromatic rings. The van der Waals surface area contributed by atoms with Gasteiger partial charge in [0.1, 0.15) is 0 Å². The molecule has 1 nitrogen and oxygen atoms in total. The van der Waals surface area contributed by atoms with E-state index in [2.05, 4.69) is 58.6 Å². The van der Waals surface area contributed by atoms with Crippen LogP contribution in [0.1, 0.15) is 54.4 Å². The van der Waals surface area contributed by atoms with Crippen LogP contribution in [-0.4, -0.2) is 23.6 Å². The molecule has 3 fully saturated rings. The molecule has 108 valence electrons. The average Bonchev–Trinajstić information content (AvgIpc) is 3.22. The van der Waals surface area contributed by atoms with Gasteiger partial charge in [0.25, 0.3) is 0 Å². The first-order valence-electron chi connectivity index (χ1n) is 7.76. The van der Waals surface area contributed by atoms with Gasteiger partial charge in [-0.2, -0.15) is 11.8 Å². The van der Waals surface area contributed by atoms with Gasteiger partial charge in [-0.1, -0.05) is 41.5 Å². The van der Waals surface area contributed by atoms with Crippen molar-refractivity contribution >= 4 is 11.8 Å². The fraction of sp³-hybridized carbons (Fsp3) is 1.00. The zero-order valence-corrected chi connectivity index (χ0v) is 14.0. The third kappa shape index (κ3) is 8.42. The molecule has 0 spiro atoms. The number of nitrogens with one attached hydrogen (secondary N) is 1. The summed E-state index contributed by atoms with van der Waals surface area (Å²) in [5, 5.41) is 4.25. The fourth-order valence-electron chi connectivity index (χ4n) is 1.74. The lowest BCUT2D eigenvalue weighted by Crippen LogP contribution is -1.99. The molecule has 2 aliphatic heterocycles.